The van der Waals surface area contributed by atoms with Gasteiger partial charge in [0.1, 0.15) is 11.3 Å². The summed E-state index contributed by atoms with van der Waals surface area (Å²) in [6, 6.07) is 8.86. The van der Waals surface area contributed by atoms with E-state index in [1.54, 1.807) is 18.2 Å². The molecule has 0 unspecified atom stereocenters. The number of rotatable bonds is 2. The van der Waals surface area contributed by atoms with Crippen molar-refractivity contribution in [3.05, 3.63) is 36.0 Å². The van der Waals surface area contributed by atoms with E-state index in [0.29, 0.717) is 11.2 Å². The number of aromatic hydroxyl groups is 1. The number of para-hydroxylation sites is 1. The monoisotopic (exact) mass is 404 g/mol. The van der Waals surface area contributed by atoms with Gasteiger partial charge in [-0.05, 0) is 24.4 Å². The number of benzene rings is 1. The van der Waals surface area contributed by atoms with Crippen molar-refractivity contribution in [2.45, 2.75) is 0 Å². The number of hydrogen-bond donors (Lipinski definition) is 3. The molecule has 0 saturated heterocycles. The van der Waals surface area contributed by atoms with Crippen LogP contribution in [0.2, 0.25) is 0 Å². The summed E-state index contributed by atoms with van der Waals surface area (Å²) in [4.78, 5) is 4.25. The maximum Gasteiger partial charge on any atom is 0.184 e. The van der Waals surface area contributed by atoms with E-state index in [1.807, 2.05) is 12.1 Å². The standard InChI is InChI=1S/C11H10N4OS.Gd/c12-11(17)15-13-6-8-5-4-7-2-1-3-9(16)10(7)14-8;/h1-6,16H,(H3,12,15,17);. The quantitative estimate of drug-likeness (QED) is 0.397. The first kappa shape index (κ1) is 15.2. The molecule has 18 heavy (non-hydrogen) atoms. The Morgan fingerprint density at radius 3 is 2.89 bits per heavy atom. The van der Waals surface area contributed by atoms with Gasteiger partial charge in [0.25, 0.3) is 0 Å². The molecule has 7 heteroatoms. The second-order valence-corrected chi connectivity index (χ2v) is 3.76. The Kier molecular flexibility index (Phi) is 5.81. The number of fused-ring (bicyclic) bond motifs is 1. The first-order valence-electron chi connectivity index (χ1n) is 4.84. The van der Waals surface area contributed by atoms with Crippen LogP contribution in [0.15, 0.2) is 35.4 Å². The Morgan fingerprint density at radius 2 is 2.17 bits per heavy atom. The third-order valence-corrected chi connectivity index (χ3v) is 2.18. The van der Waals surface area contributed by atoms with Gasteiger partial charge in [-0.3, -0.25) is 5.43 Å². The van der Waals surface area contributed by atoms with E-state index in [1.165, 1.54) is 6.21 Å². The molecule has 94 valence electrons. The molecule has 0 aliphatic rings. The number of aromatic nitrogens is 1. The zero-order valence-electron chi connectivity index (χ0n) is 9.14. The molecule has 0 spiro atoms. The topological polar surface area (TPSA) is 83.5 Å². The van der Waals surface area contributed by atoms with Gasteiger partial charge in [0.2, 0.25) is 0 Å². The molecule has 0 fully saturated rings. The second kappa shape index (κ2) is 6.89. The van der Waals surface area contributed by atoms with Crippen LogP contribution in [0.5, 0.6) is 5.75 Å². The molecule has 0 saturated carbocycles. The van der Waals surface area contributed by atoms with E-state index in [4.69, 9.17) is 5.73 Å². The van der Waals surface area contributed by atoms with E-state index < -0.39 is 0 Å². The zero-order chi connectivity index (χ0) is 12.3. The van der Waals surface area contributed by atoms with Crippen LogP contribution in [0.1, 0.15) is 5.69 Å². The van der Waals surface area contributed by atoms with Gasteiger partial charge in [0.05, 0.1) is 11.9 Å². The van der Waals surface area contributed by atoms with Gasteiger partial charge in [-0.15, -0.1) is 0 Å². The predicted octanol–water partition coefficient (Wildman–Crippen LogP) is 1.11. The molecule has 0 aliphatic heterocycles. The summed E-state index contributed by atoms with van der Waals surface area (Å²) < 4.78 is 0. The summed E-state index contributed by atoms with van der Waals surface area (Å²) in [7, 11) is 0. The van der Waals surface area contributed by atoms with Crippen LogP contribution in [0, 0.1) is 39.9 Å². The van der Waals surface area contributed by atoms with Gasteiger partial charge in [-0.25, -0.2) is 4.98 Å². The molecule has 5 nitrogen and oxygen atoms in total. The molecule has 4 N–H and O–H groups in total. The average Bonchev–Trinajstić information content (AvgIpc) is 2.30. The predicted molar refractivity (Wildman–Crippen MR) is 70.9 cm³/mol. The molecule has 1 aromatic carbocycles. The van der Waals surface area contributed by atoms with Crippen molar-refractivity contribution in [1.29, 1.82) is 0 Å². The van der Waals surface area contributed by atoms with Crippen LogP contribution >= 0.6 is 12.2 Å². The summed E-state index contributed by atoms with van der Waals surface area (Å²) >= 11 is 4.60. The van der Waals surface area contributed by atoms with Gasteiger partial charge in [0, 0.05) is 45.3 Å². The average molecular weight is 404 g/mol. The summed E-state index contributed by atoms with van der Waals surface area (Å²) in [5.74, 6) is 0.139. The molecule has 0 atom stereocenters. The number of phenolic OH excluding ortho intramolecular Hbond substituents is 1. The molecule has 0 bridgehead atoms. The number of hydrogen-bond acceptors (Lipinski definition) is 4. The largest absolute Gasteiger partial charge is 0.506 e. The minimum absolute atomic E-state index is 0. The fourth-order valence-corrected chi connectivity index (χ4v) is 1.43. The normalized spacial score (nSPS) is 10.2. The van der Waals surface area contributed by atoms with Crippen molar-refractivity contribution in [3.63, 3.8) is 0 Å². The van der Waals surface area contributed by atoms with E-state index in [-0.39, 0.29) is 50.8 Å². The first-order valence-corrected chi connectivity index (χ1v) is 5.25. The minimum atomic E-state index is 0. The molecule has 0 amide bonds. The zero-order valence-corrected chi connectivity index (χ0v) is 12.2. The van der Waals surface area contributed by atoms with Crippen LogP contribution in [0.4, 0.5) is 0 Å². The maximum atomic E-state index is 9.65. The Labute approximate surface area is 141 Å². The third kappa shape index (κ3) is 3.81. The molecular formula is C11H10GdN4OS. The summed E-state index contributed by atoms with van der Waals surface area (Å²) in [6.45, 7) is 0. The van der Waals surface area contributed by atoms with Crippen LogP contribution < -0.4 is 11.2 Å². The van der Waals surface area contributed by atoms with Crippen LogP contribution in [-0.4, -0.2) is 21.4 Å². The van der Waals surface area contributed by atoms with Crippen LogP contribution in [-0.2, 0) is 0 Å². The number of phenols is 1. The number of nitrogens with two attached hydrogens (primary N) is 1. The van der Waals surface area contributed by atoms with Crippen LogP contribution in [0.3, 0.4) is 0 Å². The Morgan fingerprint density at radius 1 is 1.39 bits per heavy atom. The SMILES string of the molecule is NC(=S)NN=Cc1ccc2cccc(O)c2n1.[Gd]. The van der Waals surface area contributed by atoms with Crippen molar-refractivity contribution in [1.82, 2.24) is 10.4 Å². The number of pyridine rings is 1. The summed E-state index contributed by atoms with van der Waals surface area (Å²) in [6.07, 6.45) is 1.48. The molecular weight excluding hydrogens is 393 g/mol. The minimum Gasteiger partial charge on any atom is -0.506 e. The third-order valence-electron chi connectivity index (χ3n) is 2.09. The fraction of sp³-hybridized carbons (Fsp3) is 0. The smallest absolute Gasteiger partial charge is 0.184 e. The van der Waals surface area contributed by atoms with Gasteiger partial charge in [-0.2, -0.15) is 5.10 Å². The molecule has 1 aromatic heterocycles. The van der Waals surface area contributed by atoms with Crippen LogP contribution in [0.25, 0.3) is 10.9 Å². The van der Waals surface area contributed by atoms with E-state index in [9.17, 15) is 5.11 Å². The number of hydrazone groups is 1. The van der Waals surface area contributed by atoms with E-state index in [2.05, 4.69) is 27.7 Å². The van der Waals surface area contributed by atoms with Crippen molar-refractivity contribution in [3.8, 4) is 5.75 Å². The van der Waals surface area contributed by atoms with Gasteiger partial charge < -0.3 is 10.8 Å². The van der Waals surface area contributed by atoms with Gasteiger partial charge in [0.15, 0.2) is 5.11 Å². The summed E-state index contributed by atoms with van der Waals surface area (Å²) in [5.41, 5.74) is 8.78. The molecule has 0 aliphatic carbocycles. The van der Waals surface area contributed by atoms with E-state index >= 15 is 0 Å². The van der Waals surface area contributed by atoms with E-state index in [0.717, 1.165) is 5.39 Å². The number of nitrogens with zero attached hydrogens (tertiary/aromatic N) is 2. The van der Waals surface area contributed by atoms with Gasteiger partial charge in [-0.1, -0.05) is 18.2 Å². The number of nitrogens with one attached hydrogen (secondary N) is 1. The molecule has 2 aromatic rings. The second-order valence-electron chi connectivity index (χ2n) is 3.32. The van der Waals surface area contributed by atoms with Crippen molar-refractivity contribution in [2.24, 2.45) is 10.8 Å². The Bertz CT molecular complexity index is 603. The van der Waals surface area contributed by atoms with Crippen molar-refractivity contribution in [2.75, 3.05) is 0 Å². The van der Waals surface area contributed by atoms with Gasteiger partial charge >= 0.3 is 0 Å². The first-order chi connectivity index (χ1) is 8.16. The van der Waals surface area contributed by atoms with Crippen molar-refractivity contribution < 1.29 is 45.0 Å². The Hall–Kier alpha value is -0.885. The van der Waals surface area contributed by atoms with Crippen molar-refractivity contribution >= 4 is 34.4 Å². The molecule has 2 rings (SSSR count). The summed E-state index contributed by atoms with van der Waals surface area (Å²) in [5, 5.41) is 14.4. The number of thiocarbonyl (C=S) groups is 1. The fourth-order valence-electron chi connectivity index (χ4n) is 1.38. The molecule has 0 radical (unpaired) electrons. The maximum absolute atomic E-state index is 9.65. The molecule has 1 heterocycles. The Balaban J connectivity index is 0.00000162.